The van der Waals surface area contributed by atoms with E-state index in [4.69, 9.17) is 4.52 Å². The first kappa shape index (κ1) is 15.8. The predicted octanol–water partition coefficient (Wildman–Crippen LogP) is 1.86. The monoisotopic (exact) mass is 296 g/mol. The fourth-order valence-corrected chi connectivity index (χ4v) is 2.57. The summed E-state index contributed by atoms with van der Waals surface area (Å²) in [4.78, 5) is 16.3. The minimum Gasteiger partial charge on any atom is -0.394 e. The predicted molar refractivity (Wildman–Crippen MR) is 76.8 cm³/mol. The zero-order valence-electron chi connectivity index (χ0n) is 12.8. The number of aromatic nitrogens is 2. The standard InChI is InChI=1S/C14H24N4O3/c1-9(2)11-16-12(21-18-11)10(3)15-13(20)17-14(8-19)6-4-5-7-14/h9-10,19H,4-8H2,1-3H3,(H2,15,17,20)/t10-/m1/s1. The van der Waals surface area contributed by atoms with Gasteiger partial charge >= 0.3 is 6.03 Å². The van der Waals surface area contributed by atoms with Crippen molar-refractivity contribution in [1.82, 2.24) is 20.8 Å². The van der Waals surface area contributed by atoms with Crippen molar-refractivity contribution in [2.24, 2.45) is 0 Å². The number of urea groups is 1. The van der Waals surface area contributed by atoms with Crippen molar-refractivity contribution in [2.45, 2.75) is 64.0 Å². The van der Waals surface area contributed by atoms with Crippen LogP contribution in [0.5, 0.6) is 0 Å². The van der Waals surface area contributed by atoms with Gasteiger partial charge in [-0.3, -0.25) is 0 Å². The molecule has 1 aliphatic rings. The molecular weight excluding hydrogens is 272 g/mol. The van der Waals surface area contributed by atoms with Gasteiger partial charge in [0.05, 0.1) is 12.1 Å². The van der Waals surface area contributed by atoms with Crippen LogP contribution < -0.4 is 10.6 Å². The van der Waals surface area contributed by atoms with Crippen LogP contribution in [0.15, 0.2) is 4.52 Å². The van der Waals surface area contributed by atoms with E-state index in [9.17, 15) is 9.90 Å². The largest absolute Gasteiger partial charge is 0.394 e. The Labute approximate surface area is 124 Å². The number of carbonyl (C=O) groups is 1. The number of amides is 2. The molecule has 1 aromatic heterocycles. The summed E-state index contributed by atoms with van der Waals surface area (Å²) in [5.41, 5.74) is -0.484. The molecule has 1 aliphatic carbocycles. The number of nitrogens with one attached hydrogen (secondary N) is 2. The van der Waals surface area contributed by atoms with Crippen LogP contribution >= 0.6 is 0 Å². The molecule has 3 N–H and O–H groups in total. The van der Waals surface area contributed by atoms with Crippen molar-refractivity contribution in [3.8, 4) is 0 Å². The van der Waals surface area contributed by atoms with Crippen molar-refractivity contribution in [1.29, 1.82) is 0 Å². The van der Waals surface area contributed by atoms with Crippen LogP contribution in [0, 0.1) is 0 Å². The third kappa shape index (κ3) is 3.72. The number of hydrogen-bond donors (Lipinski definition) is 3. The lowest BCUT2D eigenvalue weighted by Gasteiger charge is -2.28. The highest BCUT2D eigenvalue weighted by Gasteiger charge is 2.35. The van der Waals surface area contributed by atoms with Crippen LogP contribution in [0.1, 0.15) is 70.1 Å². The van der Waals surface area contributed by atoms with Gasteiger partial charge < -0.3 is 20.3 Å². The van der Waals surface area contributed by atoms with E-state index in [2.05, 4.69) is 20.8 Å². The van der Waals surface area contributed by atoms with Gasteiger partial charge in [-0.15, -0.1) is 0 Å². The Morgan fingerprint density at radius 2 is 2.05 bits per heavy atom. The normalized spacial score (nSPS) is 18.7. The van der Waals surface area contributed by atoms with Crippen molar-refractivity contribution in [3.05, 3.63) is 11.7 Å². The fraction of sp³-hybridized carbons (Fsp3) is 0.786. The molecule has 0 radical (unpaired) electrons. The quantitative estimate of drug-likeness (QED) is 0.770. The number of hydrogen-bond acceptors (Lipinski definition) is 5. The Bertz CT molecular complexity index is 480. The van der Waals surface area contributed by atoms with E-state index in [1.165, 1.54) is 0 Å². The van der Waals surface area contributed by atoms with E-state index in [1.54, 1.807) is 6.92 Å². The smallest absolute Gasteiger partial charge is 0.315 e. The van der Waals surface area contributed by atoms with E-state index in [1.807, 2.05) is 13.8 Å². The average molecular weight is 296 g/mol. The topological polar surface area (TPSA) is 100 Å². The van der Waals surface area contributed by atoms with E-state index in [0.717, 1.165) is 25.7 Å². The van der Waals surface area contributed by atoms with Gasteiger partial charge in [0, 0.05) is 5.92 Å². The molecule has 0 unspecified atom stereocenters. The SMILES string of the molecule is CC(C)c1noc([C@@H](C)NC(=O)NC2(CO)CCCC2)n1. The average Bonchev–Trinajstić information content (AvgIpc) is 3.07. The van der Waals surface area contributed by atoms with Crippen LogP contribution in [0.2, 0.25) is 0 Å². The van der Waals surface area contributed by atoms with Crippen molar-refractivity contribution < 1.29 is 14.4 Å². The fourth-order valence-electron chi connectivity index (χ4n) is 2.57. The second-order valence-electron chi connectivity index (χ2n) is 6.11. The molecule has 1 atom stereocenters. The molecule has 21 heavy (non-hydrogen) atoms. The van der Waals surface area contributed by atoms with Gasteiger partial charge in [0.2, 0.25) is 5.89 Å². The van der Waals surface area contributed by atoms with Gasteiger partial charge in [-0.05, 0) is 19.8 Å². The second-order valence-corrected chi connectivity index (χ2v) is 6.11. The lowest BCUT2D eigenvalue weighted by molar-refractivity contribution is 0.161. The highest BCUT2D eigenvalue weighted by molar-refractivity contribution is 5.75. The van der Waals surface area contributed by atoms with Crippen LogP contribution in [0.25, 0.3) is 0 Å². The van der Waals surface area contributed by atoms with Crippen LogP contribution in [-0.2, 0) is 0 Å². The maximum Gasteiger partial charge on any atom is 0.315 e. The molecule has 0 spiro atoms. The molecule has 2 rings (SSSR count). The van der Waals surface area contributed by atoms with Crippen LogP contribution in [-0.4, -0.2) is 33.4 Å². The Balaban J connectivity index is 1.92. The summed E-state index contributed by atoms with van der Waals surface area (Å²) in [5.74, 6) is 1.19. The summed E-state index contributed by atoms with van der Waals surface area (Å²) >= 11 is 0. The Kier molecular flexibility index (Phi) is 4.82. The molecule has 7 nitrogen and oxygen atoms in total. The Hall–Kier alpha value is -1.63. The third-order valence-corrected chi connectivity index (χ3v) is 3.93. The van der Waals surface area contributed by atoms with Gasteiger partial charge in [0.1, 0.15) is 6.04 Å². The van der Waals surface area contributed by atoms with Crippen molar-refractivity contribution >= 4 is 6.03 Å². The van der Waals surface area contributed by atoms with E-state index in [0.29, 0.717) is 11.7 Å². The molecular formula is C14H24N4O3. The van der Waals surface area contributed by atoms with Crippen LogP contribution in [0.3, 0.4) is 0 Å². The summed E-state index contributed by atoms with van der Waals surface area (Å²) in [6.07, 6.45) is 3.67. The van der Waals surface area contributed by atoms with E-state index < -0.39 is 5.54 Å². The molecule has 1 aromatic rings. The van der Waals surface area contributed by atoms with Crippen molar-refractivity contribution in [3.63, 3.8) is 0 Å². The first-order chi connectivity index (χ1) is 9.96. The highest BCUT2D eigenvalue weighted by atomic mass is 16.5. The molecule has 1 heterocycles. The molecule has 0 saturated heterocycles. The maximum atomic E-state index is 12.1. The van der Waals surface area contributed by atoms with Gasteiger partial charge in [-0.1, -0.05) is 31.8 Å². The summed E-state index contributed by atoms with van der Waals surface area (Å²) < 4.78 is 5.16. The Morgan fingerprint density at radius 1 is 1.38 bits per heavy atom. The first-order valence-corrected chi connectivity index (χ1v) is 7.49. The molecule has 118 valence electrons. The molecule has 0 bridgehead atoms. The molecule has 1 fully saturated rings. The lowest BCUT2D eigenvalue weighted by atomic mass is 9.99. The number of aliphatic hydroxyl groups is 1. The number of nitrogens with zero attached hydrogens (tertiary/aromatic N) is 2. The summed E-state index contributed by atoms with van der Waals surface area (Å²) in [6.45, 7) is 5.71. The van der Waals surface area contributed by atoms with Gasteiger partial charge in [-0.2, -0.15) is 4.98 Å². The van der Waals surface area contributed by atoms with Crippen LogP contribution in [0.4, 0.5) is 4.79 Å². The minimum atomic E-state index is -0.484. The molecule has 0 aliphatic heterocycles. The number of rotatable bonds is 5. The minimum absolute atomic E-state index is 0.0349. The second kappa shape index (κ2) is 6.43. The summed E-state index contributed by atoms with van der Waals surface area (Å²) in [7, 11) is 0. The molecule has 7 heteroatoms. The van der Waals surface area contributed by atoms with E-state index in [-0.39, 0.29) is 24.6 Å². The maximum absolute atomic E-state index is 12.1. The molecule has 2 amide bonds. The third-order valence-electron chi connectivity index (χ3n) is 3.93. The van der Waals surface area contributed by atoms with Gasteiger partial charge in [0.15, 0.2) is 5.82 Å². The Morgan fingerprint density at radius 3 is 2.57 bits per heavy atom. The summed E-state index contributed by atoms with van der Waals surface area (Å²) in [6, 6.07) is -0.690. The van der Waals surface area contributed by atoms with Gasteiger partial charge in [-0.25, -0.2) is 4.79 Å². The lowest BCUT2D eigenvalue weighted by Crippen LogP contribution is -2.53. The molecule has 0 aromatic carbocycles. The summed E-state index contributed by atoms with van der Waals surface area (Å²) in [5, 5.41) is 19.0. The first-order valence-electron chi connectivity index (χ1n) is 7.49. The number of carbonyl (C=O) groups excluding carboxylic acids is 1. The van der Waals surface area contributed by atoms with Crippen molar-refractivity contribution in [2.75, 3.05) is 6.61 Å². The zero-order chi connectivity index (χ0) is 15.5. The highest BCUT2D eigenvalue weighted by Crippen LogP contribution is 2.29. The number of aliphatic hydroxyl groups excluding tert-OH is 1. The zero-order valence-corrected chi connectivity index (χ0v) is 12.8. The van der Waals surface area contributed by atoms with E-state index >= 15 is 0 Å². The molecule has 1 saturated carbocycles. The van der Waals surface area contributed by atoms with Gasteiger partial charge in [0.25, 0.3) is 0 Å².